The highest BCUT2D eigenvalue weighted by Gasteiger charge is 2.30. The van der Waals surface area contributed by atoms with Crippen molar-refractivity contribution in [2.24, 2.45) is 0 Å². The number of nitriles is 1. The lowest BCUT2D eigenvalue weighted by molar-refractivity contribution is -0.122. The van der Waals surface area contributed by atoms with Crippen LogP contribution in [-0.4, -0.2) is 34.9 Å². The van der Waals surface area contributed by atoms with Crippen LogP contribution in [-0.2, 0) is 11.3 Å². The molecule has 134 valence electrons. The van der Waals surface area contributed by atoms with Gasteiger partial charge in [0.05, 0.1) is 23.7 Å². The van der Waals surface area contributed by atoms with Crippen LogP contribution < -0.4 is 4.90 Å². The van der Waals surface area contributed by atoms with E-state index in [9.17, 15) is 4.79 Å². The third-order valence-electron chi connectivity index (χ3n) is 5.07. The van der Waals surface area contributed by atoms with Crippen LogP contribution in [0.3, 0.4) is 0 Å². The first kappa shape index (κ1) is 17.2. The van der Waals surface area contributed by atoms with E-state index in [1.54, 1.807) is 18.3 Å². The molecule has 5 nitrogen and oxygen atoms in total. The minimum Gasteiger partial charge on any atom is -0.310 e. The summed E-state index contributed by atoms with van der Waals surface area (Å²) in [5, 5.41) is 10.0. The molecular formula is C22H20N4O. The van der Waals surface area contributed by atoms with Crippen molar-refractivity contribution in [3.05, 3.63) is 71.9 Å². The molecular weight excluding hydrogens is 336 g/mol. The molecule has 0 unspecified atom stereocenters. The number of rotatable bonds is 3. The Kier molecular flexibility index (Phi) is 4.57. The van der Waals surface area contributed by atoms with Crippen molar-refractivity contribution in [3.63, 3.8) is 0 Å². The fourth-order valence-corrected chi connectivity index (χ4v) is 3.53. The zero-order chi connectivity index (χ0) is 18.8. The number of pyridine rings is 1. The Morgan fingerprint density at radius 2 is 2.00 bits per heavy atom. The maximum atomic E-state index is 12.7. The van der Waals surface area contributed by atoms with Crippen LogP contribution in [0.1, 0.15) is 18.1 Å². The molecule has 0 N–H and O–H groups in total. The molecule has 2 heterocycles. The van der Waals surface area contributed by atoms with Crippen LogP contribution in [0.2, 0.25) is 0 Å². The SMILES string of the molecule is C[C@H]1CN(c2ccc(C#N)cc2)C(=O)CN1Cc1ccc2ncccc2c1. The third kappa shape index (κ3) is 3.53. The summed E-state index contributed by atoms with van der Waals surface area (Å²) in [7, 11) is 0. The summed E-state index contributed by atoms with van der Waals surface area (Å²) in [4.78, 5) is 21.1. The van der Waals surface area contributed by atoms with Crippen LogP contribution in [0, 0.1) is 11.3 Å². The van der Waals surface area contributed by atoms with E-state index in [2.05, 4.69) is 41.1 Å². The Labute approximate surface area is 158 Å². The molecule has 0 spiro atoms. The molecule has 1 saturated heterocycles. The Bertz CT molecular complexity index is 1020. The number of anilines is 1. The van der Waals surface area contributed by atoms with Crippen LogP contribution in [0.25, 0.3) is 10.9 Å². The average Bonchev–Trinajstić information content (AvgIpc) is 2.70. The summed E-state index contributed by atoms with van der Waals surface area (Å²) in [6.45, 7) is 3.90. The summed E-state index contributed by atoms with van der Waals surface area (Å²) in [6, 6.07) is 19.8. The molecule has 1 aliphatic heterocycles. The summed E-state index contributed by atoms with van der Waals surface area (Å²) in [6.07, 6.45) is 1.80. The highest BCUT2D eigenvalue weighted by molar-refractivity contribution is 5.95. The van der Waals surface area contributed by atoms with Gasteiger partial charge in [-0.25, -0.2) is 0 Å². The largest absolute Gasteiger partial charge is 0.310 e. The van der Waals surface area contributed by atoms with Crippen molar-refractivity contribution in [3.8, 4) is 6.07 Å². The van der Waals surface area contributed by atoms with Crippen LogP contribution in [0.5, 0.6) is 0 Å². The third-order valence-corrected chi connectivity index (χ3v) is 5.07. The zero-order valence-corrected chi connectivity index (χ0v) is 15.2. The van der Waals surface area contributed by atoms with Gasteiger partial charge in [-0.2, -0.15) is 5.26 Å². The predicted molar refractivity (Wildman–Crippen MR) is 105 cm³/mol. The number of benzene rings is 2. The van der Waals surface area contributed by atoms with Crippen LogP contribution >= 0.6 is 0 Å². The molecule has 2 aromatic carbocycles. The number of amides is 1. The summed E-state index contributed by atoms with van der Waals surface area (Å²) in [5.74, 6) is 0.0836. The van der Waals surface area contributed by atoms with Gasteiger partial charge < -0.3 is 4.90 Å². The minimum absolute atomic E-state index is 0.0836. The normalized spacial score (nSPS) is 17.9. The van der Waals surface area contributed by atoms with Gasteiger partial charge in [0, 0.05) is 36.4 Å². The lowest BCUT2D eigenvalue weighted by Crippen LogP contribution is -2.54. The van der Waals surface area contributed by atoms with Gasteiger partial charge in [-0.15, -0.1) is 0 Å². The summed E-state index contributed by atoms with van der Waals surface area (Å²) in [5.41, 5.74) is 3.61. The first-order valence-electron chi connectivity index (χ1n) is 9.02. The van der Waals surface area contributed by atoms with Crippen LogP contribution in [0.4, 0.5) is 5.69 Å². The van der Waals surface area contributed by atoms with Crippen molar-refractivity contribution in [2.45, 2.75) is 19.5 Å². The van der Waals surface area contributed by atoms with Crippen molar-refractivity contribution in [1.82, 2.24) is 9.88 Å². The van der Waals surface area contributed by atoms with Crippen LogP contribution in [0.15, 0.2) is 60.8 Å². The molecule has 1 amide bonds. The monoisotopic (exact) mass is 356 g/mol. The standard InChI is InChI=1S/C22H20N4O/c1-16-13-26(20-7-4-17(12-23)5-8-20)22(27)15-25(16)14-18-6-9-21-19(11-18)3-2-10-24-21/h2-11,16H,13-15H2,1H3/t16-/m0/s1. The molecule has 0 radical (unpaired) electrons. The minimum atomic E-state index is 0.0836. The van der Waals surface area contributed by atoms with Gasteiger partial charge in [0.2, 0.25) is 5.91 Å². The molecule has 4 rings (SSSR count). The number of carbonyl (C=O) groups excluding carboxylic acids is 1. The Morgan fingerprint density at radius 1 is 1.19 bits per heavy atom. The van der Waals surface area contributed by atoms with Crippen molar-refractivity contribution >= 4 is 22.5 Å². The molecule has 1 fully saturated rings. The Morgan fingerprint density at radius 3 is 2.78 bits per heavy atom. The molecule has 1 aromatic heterocycles. The molecule has 27 heavy (non-hydrogen) atoms. The number of hydrogen-bond acceptors (Lipinski definition) is 4. The maximum Gasteiger partial charge on any atom is 0.241 e. The molecule has 0 aliphatic carbocycles. The summed E-state index contributed by atoms with van der Waals surface area (Å²) < 4.78 is 0. The van der Waals surface area contributed by atoms with E-state index in [0.717, 1.165) is 23.1 Å². The van der Waals surface area contributed by atoms with Crippen molar-refractivity contribution in [1.29, 1.82) is 5.26 Å². The predicted octanol–water partition coefficient (Wildman–Crippen LogP) is 3.34. The zero-order valence-electron chi connectivity index (χ0n) is 15.2. The number of aromatic nitrogens is 1. The first-order chi connectivity index (χ1) is 13.1. The Balaban J connectivity index is 1.49. The fourth-order valence-electron chi connectivity index (χ4n) is 3.53. The first-order valence-corrected chi connectivity index (χ1v) is 9.02. The number of carbonyl (C=O) groups is 1. The molecule has 0 bridgehead atoms. The van der Waals surface area contributed by atoms with E-state index in [4.69, 9.17) is 5.26 Å². The molecule has 1 atom stereocenters. The number of hydrogen-bond donors (Lipinski definition) is 0. The van der Waals surface area contributed by atoms with Gasteiger partial charge in [-0.05, 0) is 55.0 Å². The average molecular weight is 356 g/mol. The van der Waals surface area contributed by atoms with E-state index in [1.807, 2.05) is 29.2 Å². The van der Waals surface area contributed by atoms with Crippen molar-refractivity contribution in [2.75, 3.05) is 18.0 Å². The number of fused-ring (bicyclic) bond motifs is 1. The van der Waals surface area contributed by atoms with Gasteiger partial charge in [0.15, 0.2) is 0 Å². The fraction of sp³-hybridized carbons (Fsp3) is 0.227. The smallest absolute Gasteiger partial charge is 0.241 e. The lowest BCUT2D eigenvalue weighted by atomic mass is 10.1. The topological polar surface area (TPSA) is 60.2 Å². The second-order valence-electron chi connectivity index (χ2n) is 6.95. The second kappa shape index (κ2) is 7.18. The second-order valence-corrected chi connectivity index (χ2v) is 6.95. The molecule has 1 aliphatic rings. The molecule has 5 heteroatoms. The van der Waals surface area contributed by atoms with E-state index >= 15 is 0 Å². The molecule has 0 saturated carbocycles. The Hall–Kier alpha value is -3.23. The van der Waals surface area contributed by atoms with Gasteiger partial charge in [0.25, 0.3) is 0 Å². The lowest BCUT2D eigenvalue weighted by Gasteiger charge is -2.39. The van der Waals surface area contributed by atoms with Gasteiger partial charge in [-0.1, -0.05) is 12.1 Å². The van der Waals surface area contributed by atoms with Gasteiger partial charge >= 0.3 is 0 Å². The number of nitrogens with zero attached hydrogens (tertiary/aromatic N) is 4. The van der Waals surface area contributed by atoms with Gasteiger partial charge in [0.1, 0.15) is 0 Å². The number of piperazine rings is 1. The highest BCUT2D eigenvalue weighted by Crippen LogP contribution is 2.23. The quantitative estimate of drug-likeness (QED) is 0.722. The highest BCUT2D eigenvalue weighted by atomic mass is 16.2. The van der Waals surface area contributed by atoms with Crippen molar-refractivity contribution < 1.29 is 4.79 Å². The van der Waals surface area contributed by atoms with E-state index < -0.39 is 0 Å². The van der Waals surface area contributed by atoms with E-state index in [0.29, 0.717) is 18.7 Å². The van der Waals surface area contributed by atoms with E-state index in [-0.39, 0.29) is 11.9 Å². The summed E-state index contributed by atoms with van der Waals surface area (Å²) >= 11 is 0. The maximum absolute atomic E-state index is 12.7. The van der Waals surface area contributed by atoms with E-state index in [1.165, 1.54) is 5.56 Å². The molecule has 3 aromatic rings. The van der Waals surface area contributed by atoms with Gasteiger partial charge in [-0.3, -0.25) is 14.7 Å².